The molecule has 0 bridgehead atoms. The summed E-state index contributed by atoms with van der Waals surface area (Å²) in [7, 11) is -3.38. The van der Waals surface area contributed by atoms with E-state index in [9.17, 15) is 18.0 Å². The predicted molar refractivity (Wildman–Crippen MR) is 110 cm³/mol. The first-order valence-electron chi connectivity index (χ1n) is 8.94. The Bertz CT molecular complexity index is 1040. The van der Waals surface area contributed by atoms with Gasteiger partial charge in [-0.05, 0) is 62.1 Å². The van der Waals surface area contributed by atoms with Crippen LogP contribution in [0.5, 0.6) is 0 Å². The molecule has 28 heavy (non-hydrogen) atoms. The van der Waals surface area contributed by atoms with Crippen LogP contribution in [0.15, 0.2) is 24.3 Å². The molecule has 0 spiro atoms. The first-order valence-corrected chi connectivity index (χ1v) is 11.6. The van der Waals surface area contributed by atoms with E-state index < -0.39 is 15.9 Å². The molecule has 150 valence electrons. The van der Waals surface area contributed by atoms with Crippen molar-refractivity contribution in [1.29, 1.82) is 0 Å². The van der Waals surface area contributed by atoms with Crippen molar-refractivity contribution in [1.82, 2.24) is 10.9 Å². The van der Waals surface area contributed by atoms with Crippen molar-refractivity contribution in [2.45, 2.75) is 39.7 Å². The van der Waals surface area contributed by atoms with Gasteiger partial charge in [0.05, 0.1) is 16.8 Å². The highest BCUT2D eigenvalue weighted by Gasteiger charge is 2.32. The lowest BCUT2D eigenvalue weighted by Crippen LogP contribution is -2.41. The van der Waals surface area contributed by atoms with Crippen molar-refractivity contribution < 1.29 is 18.0 Å². The molecule has 1 atom stereocenters. The molecule has 2 amide bonds. The van der Waals surface area contributed by atoms with E-state index in [-0.39, 0.29) is 11.9 Å². The normalized spacial score (nSPS) is 16.0. The van der Waals surface area contributed by atoms with Crippen LogP contribution in [0, 0.1) is 6.92 Å². The van der Waals surface area contributed by atoms with Crippen LogP contribution >= 0.6 is 11.3 Å². The van der Waals surface area contributed by atoms with Crippen LogP contribution in [0.4, 0.5) is 5.69 Å². The fourth-order valence-electron chi connectivity index (χ4n) is 3.48. The van der Waals surface area contributed by atoms with Crippen molar-refractivity contribution in [3.05, 3.63) is 50.7 Å². The molecule has 0 aliphatic carbocycles. The first kappa shape index (κ1) is 20.3. The number of hydrogen-bond donors (Lipinski definition) is 2. The number of aryl methyl sites for hydroxylation is 2. The van der Waals surface area contributed by atoms with E-state index in [0.29, 0.717) is 22.5 Å². The summed E-state index contributed by atoms with van der Waals surface area (Å²) in [6, 6.07) is 6.47. The SMILES string of the molecule is CCc1sc(C(=O)NNC(=O)c2ccc3c(c2)C[C@H](C)N3S(C)(=O)=O)cc1C. The third kappa shape index (κ3) is 3.90. The van der Waals surface area contributed by atoms with Gasteiger partial charge < -0.3 is 0 Å². The average molecular weight is 422 g/mol. The summed E-state index contributed by atoms with van der Waals surface area (Å²) in [4.78, 5) is 26.4. The minimum Gasteiger partial charge on any atom is -0.267 e. The number of nitrogens with one attached hydrogen (secondary N) is 2. The molecule has 2 heterocycles. The number of sulfonamides is 1. The van der Waals surface area contributed by atoms with Crippen LogP contribution in [0.25, 0.3) is 0 Å². The zero-order valence-corrected chi connectivity index (χ0v) is 17.8. The fourth-order valence-corrected chi connectivity index (χ4v) is 5.75. The number of thiophene rings is 1. The molecule has 9 heteroatoms. The van der Waals surface area contributed by atoms with E-state index in [1.807, 2.05) is 26.8 Å². The number of rotatable bonds is 4. The van der Waals surface area contributed by atoms with Gasteiger partial charge in [-0.25, -0.2) is 8.42 Å². The van der Waals surface area contributed by atoms with Crippen LogP contribution in [0.3, 0.4) is 0 Å². The summed E-state index contributed by atoms with van der Waals surface area (Å²) in [6.07, 6.45) is 2.56. The molecule has 1 aromatic heterocycles. The zero-order chi connectivity index (χ0) is 20.6. The smallest absolute Gasteiger partial charge is 0.267 e. The summed E-state index contributed by atoms with van der Waals surface area (Å²) in [5.41, 5.74) is 7.67. The Morgan fingerprint density at radius 2 is 1.89 bits per heavy atom. The quantitative estimate of drug-likeness (QED) is 0.741. The highest BCUT2D eigenvalue weighted by Crippen LogP contribution is 2.34. The Hall–Kier alpha value is -2.39. The summed E-state index contributed by atoms with van der Waals surface area (Å²) in [5, 5.41) is 0. The minimum atomic E-state index is -3.38. The third-order valence-corrected chi connectivity index (χ3v) is 7.36. The highest BCUT2D eigenvalue weighted by atomic mass is 32.2. The molecule has 0 saturated carbocycles. The molecule has 1 aliphatic heterocycles. The molecule has 0 fully saturated rings. The second-order valence-electron chi connectivity index (χ2n) is 6.93. The van der Waals surface area contributed by atoms with Crippen LogP contribution in [0.2, 0.25) is 0 Å². The molecule has 0 radical (unpaired) electrons. The van der Waals surface area contributed by atoms with E-state index >= 15 is 0 Å². The van der Waals surface area contributed by atoms with Gasteiger partial charge in [0.25, 0.3) is 11.8 Å². The van der Waals surface area contributed by atoms with Gasteiger partial charge in [-0.15, -0.1) is 11.3 Å². The Balaban J connectivity index is 1.70. The average Bonchev–Trinajstić information content (AvgIpc) is 3.16. The summed E-state index contributed by atoms with van der Waals surface area (Å²) in [5.74, 6) is -0.815. The van der Waals surface area contributed by atoms with E-state index in [4.69, 9.17) is 0 Å². The van der Waals surface area contributed by atoms with Crippen LogP contribution in [-0.2, 0) is 22.9 Å². The van der Waals surface area contributed by atoms with E-state index in [0.717, 1.165) is 22.4 Å². The molecular weight excluding hydrogens is 398 g/mol. The van der Waals surface area contributed by atoms with Crippen molar-refractivity contribution in [2.75, 3.05) is 10.6 Å². The molecule has 2 aromatic rings. The zero-order valence-electron chi connectivity index (χ0n) is 16.2. The highest BCUT2D eigenvalue weighted by molar-refractivity contribution is 7.92. The van der Waals surface area contributed by atoms with Gasteiger partial charge in [-0.2, -0.15) is 0 Å². The van der Waals surface area contributed by atoms with E-state index in [2.05, 4.69) is 10.9 Å². The number of anilines is 1. The predicted octanol–water partition coefficient (Wildman–Crippen LogP) is 2.40. The number of hydrogen-bond acceptors (Lipinski definition) is 5. The van der Waals surface area contributed by atoms with E-state index in [1.165, 1.54) is 21.9 Å². The topological polar surface area (TPSA) is 95.6 Å². The maximum atomic E-state index is 12.4. The minimum absolute atomic E-state index is 0.196. The standard InChI is InChI=1S/C19H23N3O4S2/c1-5-16-11(2)8-17(27-16)19(24)21-20-18(23)13-6-7-15-14(10-13)9-12(3)22(15)28(4,25)26/h6-8,10,12H,5,9H2,1-4H3,(H,20,23)(H,21,24)/t12-/m0/s1. The van der Waals surface area contributed by atoms with Crippen LogP contribution in [0.1, 0.15) is 49.9 Å². The van der Waals surface area contributed by atoms with Crippen LogP contribution in [-0.4, -0.2) is 32.5 Å². The van der Waals surface area contributed by atoms with Crippen molar-refractivity contribution in [2.24, 2.45) is 0 Å². The van der Waals surface area contributed by atoms with Gasteiger partial charge in [0, 0.05) is 16.5 Å². The lowest BCUT2D eigenvalue weighted by atomic mass is 10.1. The third-order valence-electron chi connectivity index (χ3n) is 4.71. The molecule has 0 unspecified atom stereocenters. The Morgan fingerprint density at radius 3 is 2.50 bits per heavy atom. The van der Waals surface area contributed by atoms with Crippen molar-refractivity contribution in [3.63, 3.8) is 0 Å². The molecule has 1 aliphatic rings. The number of fused-ring (bicyclic) bond motifs is 1. The van der Waals surface area contributed by atoms with Gasteiger partial charge in [-0.3, -0.25) is 24.7 Å². The largest absolute Gasteiger partial charge is 0.279 e. The van der Waals surface area contributed by atoms with Crippen molar-refractivity contribution >= 4 is 38.9 Å². The second-order valence-corrected chi connectivity index (χ2v) is 9.93. The fraction of sp³-hybridized carbons (Fsp3) is 0.368. The number of amides is 2. The Kier molecular flexibility index (Phi) is 5.49. The molecular formula is C19H23N3O4S2. The Morgan fingerprint density at radius 1 is 1.21 bits per heavy atom. The maximum Gasteiger partial charge on any atom is 0.279 e. The number of hydrazine groups is 1. The van der Waals surface area contributed by atoms with Gasteiger partial charge in [0.1, 0.15) is 0 Å². The van der Waals surface area contributed by atoms with Gasteiger partial charge >= 0.3 is 0 Å². The van der Waals surface area contributed by atoms with E-state index in [1.54, 1.807) is 18.2 Å². The second kappa shape index (κ2) is 7.56. The van der Waals surface area contributed by atoms with Gasteiger partial charge in [-0.1, -0.05) is 6.92 Å². The molecule has 0 saturated heterocycles. The van der Waals surface area contributed by atoms with Gasteiger partial charge in [0.15, 0.2) is 0 Å². The monoisotopic (exact) mass is 421 g/mol. The number of carbonyl (C=O) groups is 2. The summed E-state index contributed by atoms with van der Waals surface area (Å²) < 4.78 is 25.3. The van der Waals surface area contributed by atoms with Gasteiger partial charge in [0.2, 0.25) is 10.0 Å². The number of benzene rings is 1. The molecule has 7 nitrogen and oxygen atoms in total. The number of nitrogens with zero attached hydrogens (tertiary/aromatic N) is 1. The van der Waals surface area contributed by atoms with Crippen molar-refractivity contribution in [3.8, 4) is 0 Å². The van der Waals surface area contributed by atoms with Crippen LogP contribution < -0.4 is 15.2 Å². The summed E-state index contributed by atoms with van der Waals surface area (Å²) >= 11 is 1.41. The Labute approximate surface area is 168 Å². The molecule has 3 rings (SSSR count). The number of carbonyl (C=O) groups excluding carboxylic acids is 2. The lowest BCUT2D eigenvalue weighted by Gasteiger charge is -2.21. The molecule has 1 aromatic carbocycles. The lowest BCUT2D eigenvalue weighted by molar-refractivity contribution is 0.0849. The molecule has 2 N–H and O–H groups in total. The summed E-state index contributed by atoms with van der Waals surface area (Å²) in [6.45, 7) is 5.81. The first-order chi connectivity index (χ1) is 13.1. The maximum absolute atomic E-state index is 12.4.